The average molecular weight is 301 g/mol. The second-order valence-electron chi connectivity index (χ2n) is 5.28. The van der Waals surface area contributed by atoms with Crippen molar-refractivity contribution in [2.75, 3.05) is 29.5 Å². The van der Waals surface area contributed by atoms with Gasteiger partial charge < -0.3 is 10.2 Å². The van der Waals surface area contributed by atoms with Gasteiger partial charge in [-0.3, -0.25) is 0 Å². The molecule has 0 radical (unpaired) electrons. The van der Waals surface area contributed by atoms with Gasteiger partial charge in [0, 0.05) is 37.4 Å². The van der Waals surface area contributed by atoms with E-state index >= 15 is 0 Å². The Morgan fingerprint density at radius 2 is 2.05 bits per heavy atom. The smallest absolute Gasteiger partial charge is 0.170 e. The Balaban J connectivity index is 2.14. The van der Waals surface area contributed by atoms with Gasteiger partial charge in [-0.15, -0.1) is 0 Å². The van der Waals surface area contributed by atoms with Crippen LogP contribution in [-0.4, -0.2) is 44.0 Å². The minimum Gasteiger partial charge on any atom is -0.352 e. The molecule has 1 aromatic rings. The number of hydrogen-bond acceptors (Lipinski definition) is 5. The molecule has 0 spiro atoms. The van der Waals surface area contributed by atoms with E-state index in [2.05, 4.69) is 10.3 Å². The number of aromatic nitrogens is 1. The molecule has 2 heterocycles. The van der Waals surface area contributed by atoms with Gasteiger partial charge in [0.15, 0.2) is 21.5 Å². The van der Waals surface area contributed by atoms with E-state index in [0.29, 0.717) is 25.2 Å². The molecule has 2 rings (SSSR count). The zero-order valence-electron chi connectivity index (χ0n) is 11.8. The number of halogens is 1. The number of anilines is 1. The maximum atomic E-state index is 14.4. The van der Waals surface area contributed by atoms with Crippen LogP contribution in [0.4, 0.5) is 10.2 Å². The third-order valence-electron chi connectivity index (χ3n) is 3.30. The van der Waals surface area contributed by atoms with Gasteiger partial charge in [-0.25, -0.2) is 17.8 Å². The quantitative estimate of drug-likeness (QED) is 0.897. The summed E-state index contributed by atoms with van der Waals surface area (Å²) in [6, 6.07) is 1.92. The fraction of sp³-hybridized carbons (Fsp3) is 0.615. The van der Waals surface area contributed by atoms with Crippen LogP contribution in [-0.2, 0) is 16.4 Å². The van der Waals surface area contributed by atoms with Crippen LogP contribution >= 0.6 is 0 Å². The fourth-order valence-electron chi connectivity index (χ4n) is 2.07. The van der Waals surface area contributed by atoms with Crippen LogP contribution < -0.4 is 10.2 Å². The summed E-state index contributed by atoms with van der Waals surface area (Å²) < 4.78 is 37.2. The maximum absolute atomic E-state index is 14.4. The summed E-state index contributed by atoms with van der Waals surface area (Å²) in [5.74, 6) is 0.00783. The zero-order valence-corrected chi connectivity index (χ0v) is 12.6. The fourth-order valence-corrected chi connectivity index (χ4v) is 3.27. The Bertz CT molecular complexity index is 561. The Labute approximate surface area is 119 Å². The van der Waals surface area contributed by atoms with Gasteiger partial charge in [-0.2, -0.15) is 0 Å². The normalized spacial score (nSPS) is 18.5. The van der Waals surface area contributed by atoms with E-state index in [1.165, 1.54) is 0 Å². The molecule has 7 heteroatoms. The highest BCUT2D eigenvalue weighted by atomic mass is 32.2. The molecule has 1 fully saturated rings. The van der Waals surface area contributed by atoms with Crippen LogP contribution in [0.15, 0.2) is 12.3 Å². The highest BCUT2D eigenvalue weighted by molar-refractivity contribution is 7.91. The molecule has 1 saturated heterocycles. The molecule has 0 atom stereocenters. The van der Waals surface area contributed by atoms with E-state index in [0.717, 1.165) is 0 Å². The third-order valence-corrected chi connectivity index (χ3v) is 4.90. The van der Waals surface area contributed by atoms with E-state index in [-0.39, 0.29) is 29.2 Å². The van der Waals surface area contributed by atoms with Gasteiger partial charge in [-0.05, 0) is 6.07 Å². The van der Waals surface area contributed by atoms with Crippen molar-refractivity contribution in [3.05, 3.63) is 23.6 Å². The lowest BCUT2D eigenvalue weighted by Crippen LogP contribution is -2.41. The van der Waals surface area contributed by atoms with Crippen molar-refractivity contribution >= 4 is 15.7 Å². The molecule has 1 N–H and O–H groups in total. The van der Waals surface area contributed by atoms with Crippen LogP contribution in [0.25, 0.3) is 0 Å². The Morgan fingerprint density at radius 1 is 1.40 bits per heavy atom. The topological polar surface area (TPSA) is 62.3 Å². The Kier molecular flexibility index (Phi) is 4.59. The van der Waals surface area contributed by atoms with Crippen molar-refractivity contribution in [2.24, 2.45) is 0 Å². The molecular formula is C13H20FN3O2S. The molecule has 0 bridgehead atoms. The average Bonchev–Trinajstić information content (AvgIpc) is 2.38. The summed E-state index contributed by atoms with van der Waals surface area (Å²) in [5.41, 5.74) is 0.553. The number of pyridine rings is 1. The molecule has 0 aromatic carbocycles. The first-order valence-corrected chi connectivity index (χ1v) is 8.53. The van der Waals surface area contributed by atoms with E-state index < -0.39 is 9.84 Å². The standard InChI is InChI=1S/C13H20FN3O2S/c1-10(2)16-9-11-3-4-15-13(12(11)14)17-5-7-20(18,19)8-6-17/h3-4,10,16H,5-9H2,1-2H3. The van der Waals surface area contributed by atoms with Crippen molar-refractivity contribution < 1.29 is 12.8 Å². The third kappa shape index (κ3) is 3.67. The number of nitrogens with zero attached hydrogens (tertiary/aromatic N) is 2. The van der Waals surface area contributed by atoms with Gasteiger partial charge >= 0.3 is 0 Å². The molecular weight excluding hydrogens is 281 g/mol. The van der Waals surface area contributed by atoms with Crippen LogP contribution in [0.2, 0.25) is 0 Å². The number of hydrogen-bond donors (Lipinski definition) is 1. The number of rotatable bonds is 4. The molecule has 1 aromatic heterocycles. The molecule has 0 saturated carbocycles. The van der Waals surface area contributed by atoms with Gasteiger partial charge in [0.2, 0.25) is 0 Å². The van der Waals surface area contributed by atoms with Crippen molar-refractivity contribution in [3.8, 4) is 0 Å². The van der Waals surface area contributed by atoms with E-state index in [4.69, 9.17) is 0 Å². The first-order valence-electron chi connectivity index (χ1n) is 6.71. The molecule has 1 aliphatic rings. The maximum Gasteiger partial charge on any atom is 0.170 e. The largest absolute Gasteiger partial charge is 0.352 e. The summed E-state index contributed by atoms with van der Waals surface area (Å²) >= 11 is 0. The molecule has 0 aliphatic carbocycles. The molecule has 112 valence electrons. The van der Waals surface area contributed by atoms with Gasteiger partial charge in [-0.1, -0.05) is 13.8 Å². The Morgan fingerprint density at radius 3 is 2.65 bits per heavy atom. The predicted octanol–water partition coefficient (Wildman–Crippen LogP) is 0.953. The summed E-state index contributed by atoms with van der Waals surface area (Å²) in [6.45, 7) is 5.02. The number of sulfone groups is 1. The summed E-state index contributed by atoms with van der Waals surface area (Å²) in [6.07, 6.45) is 1.57. The highest BCUT2D eigenvalue weighted by Gasteiger charge is 2.25. The summed E-state index contributed by atoms with van der Waals surface area (Å²) in [7, 11) is -2.97. The van der Waals surface area contributed by atoms with Gasteiger partial charge in [0.05, 0.1) is 11.5 Å². The molecule has 0 unspecified atom stereocenters. The van der Waals surface area contributed by atoms with Gasteiger partial charge in [0.25, 0.3) is 0 Å². The van der Waals surface area contributed by atoms with Crippen molar-refractivity contribution in [1.82, 2.24) is 10.3 Å². The second kappa shape index (κ2) is 6.05. The van der Waals surface area contributed by atoms with Crippen LogP contribution in [0.5, 0.6) is 0 Å². The van der Waals surface area contributed by atoms with E-state index in [9.17, 15) is 12.8 Å². The molecule has 20 heavy (non-hydrogen) atoms. The van der Waals surface area contributed by atoms with Crippen molar-refractivity contribution in [3.63, 3.8) is 0 Å². The highest BCUT2D eigenvalue weighted by Crippen LogP contribution is 2.21. The zero-order chi connectivity index (χ0) is 14.8. The first-order chi connectivity index (χ1) is 9.39. The lowest BCUT2D eigenvalue weighted by Gasteiger charge is -2.28. The molecule has 0 amide bonds. The van der Waals surface area contributed by atoms with Crippen LogP contribution in [0, 0.1) is 5.82 Å². The number of nitrogens with one attached hydrogen (secondary N) is 1. The molecule has 1 aliphatic heterocycles. The summed E-state index contributed by atoms with van der Waals surface area (Å²) in [5, 5.41) is 3.16. The monoisotopic (exact) mass is 301 g/mol. The van der Waals surface area contributed by atoms with E-state index in [1.54, 1.807) is 17.2 Å². The van der Waals surface area contributed by atoms with Crippen molar-refractivity contribution in [1.29, 1.82) is 0 Å². The predicted molar refractivity (Wildman–Crippen MR) is 77.0 cm³/mol. The minimum atomic E-state index is -2.97. The van der Waals surface area contributed by atoms with E-state index in [1.807, 2.05) is 13.8 Å². The molecule has 5 nitrogen and oxygen atoms in total. The van der Waals surface area contributed by atoms with Crippen LogP contribution in [0.1, 0.15) is 19.4 Å². The Hall–Kier alpha value is -1.21. The summed E-state index contributed by atoms with van der Waals surface area (Å²) in [4.78, 5) is 5.77. The lowest BCUT2D eigenvalue weighted by molar-refractivity contribution is 0.545. The second-order valence-corrected chi connectivity index (χ2v) is 7.59. The SMILES string of the molecule is CC(C)NCc1ccnc(N2CCS(=O)(=O)CC2)c1F. The minimum absolute atomic E-state index is 0.0581. The first kappa shape index (κ1) is 15.2. The van der Waals surface area contributed by atoms with Crippen molar-refractivity contribution in [2.45, 2.75) is 26.4 Å². The van der Waals surface area contributed by atoms with Gasteiger partial charge in [0.1, 0.15) is 0 Å². The lowest BCUT2D eigenvalue weighted by atomic mass is 10.2. The van der Waals surface area contributed by atoms with Crippen LogP contribution in [0.3, 0.4) is 0 Å².